The Kier molecular flexibility index (Phi) is 4.77. The topological polar surface area (TPSA) is 0 Å². The summed E-state index contributed by atoms with van der Waals surface area (Å²) < 4.78 is 0. The third-order valence-corrected chi connectivity index (χ3v) is 26.7. The van der Waals surface area contributed by atoms with Gasteiger partial charge in [0.25, 0.3) is 0 Å². The Morgan fingerprint density at radius 1 is 0.417 bits per heavy atom. The summed E-state index contributed by atoms with van der Waals surface area (Å²) in [6.07, 6.45) is 8.91. The fourth-order valence-corrected chi connectivity index (χ4v) is 27.8. The van der Waals surface area contributed by atoms with Crippen LogP contribution in [0.3, 0.4) is 0 Å². The van der Waals surface area contributed by atoms with Gasteiger partial charge in [-0.25, -0.2) is 0 Å². The van der Waals surface area contributed by atoms with Crippen molar-refractivity contribution in [2.24, 2.45) is 0 Å². The first-order valence-corrected chi connectivity index (χ1v) is 15.8. The van der Waals surface area contributed by atoms with Gasteiger partial charge in [-0.15, -0.1) is 0 Å². The molecule has 0 aromatic heterocycles. The zero-order chi connectivity index (χ0) is 16.3. The molecule has 0 saturated carbocycles. The lowest BCUT2D eigenvalue weighted by atomic mass is 10.3. The summed E-state index contributed by atoms with van der Waals surface area (Å²) in [6.45, 7) is 0. The van der Waals surface area contributed by atoms with E-state index in [9.17, 15) is 0 Å². The molecule has 0 N–H and O–H groups in total. The first-order valence-electron chi connectivity index (χ1n) is 9.99. The van der Waals surface area contributed by atoms with E-state index in [1.165, 1.54) is 38.5 Å². The molecule has 2 aliphatic rings. The molecule has 4 rings (SSSR count). The van der Waals surface area contributed by atoms with Crippen LogP contribution in [0, 0.1) is 0 Å². The molecule has 0 amide bonds. The molecular weight excluding hydrogens is 320 g/mol. The van der Waals surface area contributed by atoms with E-state index < -0.39 is 15.2 Å². The van der Waals surface area contributed by atoms with Gasteiger partial charge < -0.3 is 0 Å². The number of hydrogen-bond acceptors (Lipinski definition) is 0. The van der Waals surface area contributed by atoms with Gasteiger partial charge in [-0.3, -0.25) is 0 Å². The zero-order valence-corrected chi connectivity index (χ0v) is 16.8. The SMILES string of the molecule is c1ccc([Si]23CCCCC[Si]2(c2ccccc2)CCCCC3)cc1. The summed E-state index contributed by atoms with van der Waals surface area (Å²) in [5, 5.41) is 3.62. The molecule has 0 bridgehead atoms. The summed E-state index contributed by atoms with van der Waals surface area (Å²) in [5.41, 5.74) is 0. The minimum atomic E-state index is -1.43. The Hall–Kier alpha value is -1.13. The van der Waals surface area contributed by atoms with E-state index in [2.05, 4.69) is 60.7 Å². The molecule has 0 spiro atoms. The smallest absolute Gasteiger partial charge is 0.0633 e. The van der Waals surface area contributed by atoms with Crippen LogP contribution in [0.15, 0.2) is 60.7 Å². The third kappa shape index (κ3) is 2.64. The Morgan fingerprint density at radius 3 is 1.08 bits per heavy atom. The maximum atomic E-state index is 2.52. The Bertz CT molecular complexity index is 579. The highest BCUT2D eigenvalue weighted by atomic mass is 29.3. The summed E-state index contributed by atoms with van der Waals surface area (Å²) in [7, 11) is -2.86. The molecule has 126 valence electrons. The molecule has 2 aromatic rings. The number of benzene rings is 2. The molecule has 0 aliphatic carbocycles. The van der Waals surface area contributed by atoms with E-state index in [1.54, 1.807) is 24.2 Å². The molecule has 0 atom stereocenters. The fraction of sp³-hybridized carbons (Fsp3) is 0.455. The van der Waals surface area contributed by atoms with E-state index in [0.29, 0.717) is 0 Å². The van der Waals surface area contributed by atoms with Crippen molar-refractivity contribution in [3.63, 3.8) is 0 Å². The van der Waals surface area contributed by atoms with Crippen LogP contribution in [0.1, 0.15) is 38.5 Å². The first kappa shape index (κ1) is 16.3. The molecular formula is C22H30Si2. The van der Waals surface area contributed by atoms with Gasteiger partial charge in [-0.1, -0.05) is 134 Å². The molecule has 2 saturated heterocycles. The number of hydrogen-bond donors (Lipinski definition) is 0. The molecule has 2 aliphatic heterocycles. The van der Waals surface area contributed by atoms with Crippen LogP contribution < -0.4 is 10.4 Å². The molecule has 0 unspecified atom stereocenters. The molecule has 2 heterocycles. The molecule has 24 heavy (non-hydrogen) atoms. The molecule has 0 radical (unpaired) electrons. The van der Waals surface area contributed by atoms with Crippen LogP contribution >= 0.6 is 0 Å². The highest BCUT2D eigenvalue weighted by molar-refractivity contribution is 7.51. The van der Waals surface area contributed by atoms with Crippen LogP contribution in [-0.2, 0) is 0 Å². The van der Waals surface area contributed by atoms with Gasteiger partial charge >= 0.3 is 0 Å². The van der Waals surface area contributed by atoms with Crippen LogP contribution in [0.4, 0.5) is 0 Å². The van der Waals surface area contributed by atoms with Crippen LogP contribution in [0.2, 0.25) is 24.2 Å². The van der Waals surface area contributed by atoms with Gasteiger partial charge in [-0.2, -0.15) is 0 Å². The highest BCUT2D eigenvalue weighted by Crippen LogP contribution is 2.43. The largest absolute Gasteiger partial charge is 0.0856 e. The summed E-state index contributed by atoms with van der Waals surface area (Å²) in [4.78, 5) is 0. The quantitative estimate of drug-likeness (QED) is 0.658. The molecule has 0 nitrogen and oxygen atoms in total. The minimum Gasteiger partial charge on any atom is -0.0633 e. The van der Waals surface area contributed by atoms with Crippen molar-refractivity contribution in [3.05, 3.63) is 60.7 Å². The number of rotatable bonds is 2. The standard InChI is InChI=1S/C22H30Si2/c1-5-13-21(14-6-1)23-17-9-3-11-19-24(23,20-12-4-10-18-23)22-15-7-2-8-16-22/h1-2,5-8,13-16H,3-4,9-12,17-20H2. The summed E-state index contributed by atoms with van der Waals surface area (Å²) in [5.74, 6) is 0. The molecule has 2 heteroatoms. The highest BCUT2D eigenvalue weighted by Gasteiger charge is 2.56. The summed E-state index contributed by atoms with van der Waals surface area (Å²) in [6, 6.07) is 30.1. The van der Waals surface area contributed by atoms with Crippen molar-refractivity contribution in [2.45, 2.75) is 62.7 Å². The summed E-state index contributed by atoms with van der Waals surface area (Å²) >= 11 is 0. The molecule has 2 aromatic carbocycles. The predicted molar refractivity (Wildman–Crippen MR) is 111 cm³/mol. The van der Waals surface area contributed by atoms with Crippen LogP contribution in [-0.4, -0.2) is 15.2 Å². The zero-order valence-electron chi connectivity index (χ0n) is 14.8. The van der Waals surface area contributed by atoms with Gasteiger partial charge in [0.2, 0.25) is 0 Å². The van der Waals surface area contributed by atoms with E-state index in [-0.39, 0.29) is 0 Å². The van der Waals surface area contributed by atoms with Gasteiger partial charge in [0.1, 0.15) is 0 Å². The second-order valence-corrected chi connectivity index (χ2v) is 21.2. The third-order valence-electron chi connectivity index (χ3n) is 6.98. The monoisotopic (exact) mass is 350 g/mol. The Labute approximate surface area is 149 Å². The maximum absolute atomic E-state index is 2.52. The normalized spacial score (nSPS) is 30.8. The van der Waals surface area contributed by atoms with Crippen molar-refractivity contribution < 1.29 is 0 Å². The number of fused-ring (bicyclic) bond motifs is 1. The van der Waals surface area contributed by atoms with Gasteiger partial charge in [0, 0.05) is 0 Å². The van der Waals surface area contributed by atoms with Gasteiger partial charge in [-0.05, 0) is 0 Å². The van der Waals surface area contributed by atoms with Crippen LogP contribution in [0.5, 0.6) is 0 Å². The average Bonchev–Trinajstić information content (AvgIpc) is 2.95. The van der Waals surface area contributed by atoms with Crippen molar-refractivity contribution in [1.82, 2.24) is 0 Å². The minimum absolute atomic E-state index is 1.43. The van der Waals surface area contributed by atoms with E-state index in [0.717, 1.165) is 0 Å². The Balaban J connectivity index is 1.95. The van der Waals surface area contributed by atoms with Crippen molar-refractivity contribution in [1.29, 1.82) is 0 Å². The Morgan fingerprint density at radius 2 is 0.750 bits per heavy atom. The lowest BCUT2D eigenvalue weighted by molar-refractivity contribution is 0.742. The van der Waals surface area contributed by atoms with E-state index in [4.69, 9.17) is 0 Å². The van der Waals surface area contributed by atoms with Crippen molar-refractivity contribution in [3.8, 4) is 0 Å². The first-order chi connectivity index (χ1) is 11.9. The van der Waals surface area contributed by atoms with E-state index in [1.807, 2.05) is 10.4 Å². The van der Waals surface area contributed by atoms with E-state index >= 15 is 0 Å². The van der Waals surface area contributed by atoms with Crippen LogP contribution in [0.25, 0.3) is 0 Å². The van der Waals surface area contributed by atoms with Crippen molar-refractivity contribution in [2.75, 3.05) is 0 Å². The lowest BCUT2D eigenvalue weighted by Gasteiger charge is -2.47. The van der Waals surface area contributed by atoms with Gasteiger partial charge in [0.15, 0.2) is 0 Å². The predicted octanol–water partition coefficient (Wildman–Crippen LogP) is 5.14. The second-order valence-electron chi connectivity index (χ2n) is 8.02. The molecule has 2 fully saturated rings. The average molecular weight is 351 g/mol. The second kappa shape index (κ2) is 7.01. The maximum Gasteiger partial charge on any atom is 0.0856 e. The fourth-order valence-electron chi connectivity index (χ4n) is 5.91. The lowest BCUT2D eigenvalue weighted by Crippen LogP contribution is -2.74. The van der Waals surface area contributed by atoms with Crippen molar-refractivity contribution >= 4 is 25.6 Å². The van der Waals surface area contributed by atoms with Gasteiger partial charge in [0.05, 0.1) is 15.2 Å².